The van der Waals surface area contributed by atoms with Crippen molar-refractivity contribution in [1.29, 1.82) is 0 Å². The van der Waals surface area contributed by atoms with E-state index in [4.69, 9.17) is 4.74 Å². The molecular formula is C24H21BrN2O3. The molecule has 0 saturated carbocycles. The molecule has 1 spiro atoms. The molecule has 0 saturated heterocycles. The fraction of sp³-hybridized carbons (Fsp3) is 0.208. The van der Waals surface area contributed by atoms with E-state index < -0.39 is 5.54 Å². The second kappa shape index (κ2) is 6.77. The van der Waals surface area contributed by atoms with Gasteiger partial charge in [0.25, 0.3) is 5.91 Å². The van der Waals surface area contributed by atoms with Crippen LogP contribution in [0.4, 0.5) is 11.4 Å². The molecule has 1 unspecified atom stereocenters. The molecule has 0 radical (unpaired) electrons. The van der Waals surface area contributed by atoms with Crippen molar-refractivity contribution in [1.82, 2.24) is 0 Å². The number of carbonyl (C=O) groups is 1. The van der Waals surface area contributed by atoms with E-state index in [1.165, 1.54) is 7.11 Å². The molecular weight excluding hydrogens is 444 g/mol. The fourth-order valence-electron chi connectivity index (χ4n) is 4.96. The molecule has 2 aliphatic rings. The monoisotopic (exact) mass is 464 g/mol. The van der Waals surface area contributed by atoms with Gasteiger partial charge in [-0.2, -0.15) is 0 Å². The lowest BCUT2D eigenvalue weighted by Crippen LogP contribution is -2.52. The molecule has 0 bridgehead atoms. The first kappa shape index (κ1) is 19.0. The highest BCUT2D eigenvalue weighted by Gasteiger charge is 2.56. The maximum atomic E-state index is 13.4. The first-order valence-corrected chi connectivity index (χ1v) is 10.6. The summed E-state index contributed by atoms with van der Waals surface area (Å²) in [6.45, 7) is 2.10. The Morgan fingerprint density at radius 1 is 1.07 bits per heavy atom. The van der Waals surface area contributed by atoms with Gasteiger partial charge < -0.3 is 20.5 Å². The molecule has 3 aromatic rings. The number of para-hydroxylation sites is 1. The van der Waals surface area contributed by atoms with Crippen molar-refractivity contribution >= 4 is 33.2 Å². The summed E-state index contributed by atoms with van der Waals surface area (Å²) in [4.78, 5) is 13.4. The van der Waals surface area contributed by atoms with Crippen LogP contribution in [0.3, 0.4) is 0 Å². The van der Waals surface area contributed by atoms with Gasteiger partial charge in [-0.15, -0.1) is 0 Å². The molecule has 0 aromatic heterocycles. The number of anilines is 2. The Morgan fingerprint density at radius 3 is 2.67 bits per heavy atom. The number of hydrogen-bond donors (Lipinski definition) is 3. The minimum atomic E-state index is -0.896. The van der Waals surface area contributed by atoms with Crippen LogP contribution in [-0.4, -0.2) is 18.1 Å². The van der Waals surface area contributed by atoms with Crippen molar-refractivity contribution in [2.24, 2.45) is 5.92 Å². The fourth-order valence-corrected chi connectivity index (χ4v) is 5.34. The van der Waals surface area contributed by atoms with Crippen LogP contribution in [-0.2, 0) is 10.3 Å². The Kier molecular flexibility index (Phi) is 4.29. The van der Waals surface area contributed by atoms with Crippen molar-refractivity contribution in [3.8, 4) is 11.5 Å². The third-order valence-corrected chi connectivity index (χ3v) is 6.88. The summed E-state index contributed by atoms with van der Waals surface area (Å²) in [6, 6.07) is 19.3. The smallest absolute Gasteiger partial charge is 0.255 e. The van der Waals surface area contributed by atoms with Gasteiger partial charge in [-0.1, -0.05) is 47.1 Å². The first-order valence-electron chi connectivity index (χ1n) is 9.81. The summed E-state index contributed by atoms with van der Waals surface area (Å²) in [5.41, 5.74) is 3.88. The highest BCUT2D eigenvalue weighted by Crippen LogP contribution is 2.55. The molecule has 152 valence electrons. The minimum Gasteiger partial charge on any atom is -0.504 e. The number of phenols is 1. The number of phenolic OH excluding ortho intramolecular Hbond substituents is 1. The molecule has 30 heavy (non-hydrogen) atoms. The lowest BCUT2D eigenvalue weighted by atomic mass is 9.65. The quantitative estimate of drug-likeness (QED) is 0.487. The van der Waals surface area contributed by atoms with Gasteiger partial charge in [-0.3, -0.25) is 4.79 Å². The molecule has 2 heterocycles. The number of carbonyl (C=O) groups excluding carboxylic acids is 1. The number of fused-ring (bicyclic) bond motifs is 3. The Bertz CT molecular complexity index is 1180. The molecule has 1 amide bonds. The number of benzene rings is 3. The number of nitrogens with one attached hydrogen (secondary N) is 2. The maximum Gasteiger partial charge on any atom is 0.255 e. The van der Waals surface area contributed by atoms with Crippen LogP contribution in [0, 0.1) is 5.92 Å². The summed E-state index contributed by atoms with van der Waals surface area (Å²) in [7, 11) is 1.54. The lowest BCUT2D eigenvalue weighted by Gasteiger charge is -2.45. The number of hydrogen-bond acceptors (Lipinski definition) is 4. The number of amides is 1. The van der Waals surface area contributed by atoms with Gasteiger partial charge in [0.15, 0.2) is 11.5 Å². The van der Waals surface area contributed by atoms with E-state index in [1.54, 1.807) is 6.07 Å². The third kappa shape index (κ3) is 2.56. The predicted octanol–water partition coefficient (Wildman–Crippen LogP) is 5.20. The van der Waals surface area contributed by atoms with Gasteiger partial charge in [-0.25, -0.2) is 0 Å². The standard InChI is InChI=1S/C24H21BrN2O3/c1-13-22(14-7-10-20(28)21(11-14)30-2)16-12-15(25)8-9-18(16)27-24(13)17-5-3-4-6-19(17)26-23(24)29/h3-13,22,27-28H,1-2H3,(H,26,29)/t13-,22+,24?/m0/s1. The van der Waals surface area contributed by atoms with Crippen molar-refractivity contribution in [2.45, 2.75) is 18.4 Å². The van der Waals surface area contributed by atoms with Gasteiger partial charge in [0.1, 0.15) is 5.54 Å². The van der Waals surface area contributed by atoms with Crippen LogP contribution in [0.25, 0.3) is 0 Å². The number of methoxy groups -OCH3 is 1. The highest BCUT2D eigenvalue weighted by molar-refractivity contribution is 9.10. The molecule has 0 fully saturated rings. The van der Waals surface area contributed by atoms with E-state index in [1.807, 2.05) is 48.5 Å². The normalized spacial score (nSPS) is 24.0. The zero-order valence-corrected chi connectivity index (χ0v) is 18.2. The van der Waals surface area contributed by atoms with Crippen molar-refractivity contribution in [2.75, 3.05) is 17.7 Å². The largest absolute Gasteiger partial charge is 0.504 e. The summed E-state index contributed by atoms with van der Waals surface area (Å²) >= 11 is 3.59. The molecule has 3 aromatic carbocycles. The van der Waals surface area contributed by atoms with Crippen LogP contribution >= 0.6 is 15.9 Å². The summed E-state index contributed by atoms with van der Waals surface area (Å²) in [5.74, 6) is 0.249. The van der Waals surface area contributed by atoms with Crippen LogP contribution in [0.15, 0.2) is 65.1 Å². The Balaban J connectivity index is 1.76. The van der Waals surface area contributed by atoms with Crippen LogP contribution < -0.4 is 15.4 Å². The minimum absolute atomic E-state index is 0.0551. The topological polar surface area (TPSA) is 70.6 Å². The molecule has 5 nitrogen and oxygen atoms in total. The molecule has 3 atom stereocenters. The van der Waals surface area contributed by atoms with Gasteiger partial charge in [-0.05, 0) is 47.5 Å². The Hall–Kier alpha value is -2.99. The Morgan fingerprint density at radius 2 is 1.87 bits per heavy atom. The van der Waals surface area contributed by atoms with Crippen molar-refractivity contribution in [3.63, 3.8) is 0 Å². The number of halogens is 1. The molecule has 0 aliphatic carbocycles. The second-order valence-electron chi connectivity index (χ2n) is 7.86. The van der Waals surface area contributed by atoms with Crippen molar-refractivity contribution < 1.29 is 14.6 Å². The predicted molar refractivity (Wildman–Crippen MR) is 120 cm³/mol. The van der Waals surface area contributed by atoms with Crippen LogP contribution in [0.2, 0.25) is 0 Å². The molecule has 6 heteroatoms. The van der Waals surface area contributed by atoms with Gasteiger partial charge >= 0.3 is 0 Å². The van der Waals surface area contributed by atoms with E-state index in [-0.39, 0.29) is 23.5 Å². The Labute approximate surface area is 183 Å². The van der Waals surface area contributed by atoms with E-state index in [0.717, 1.165) is 32.5 Å². The van der Waals surface area contributed by atoms with Gasteiger partial charge in [0, 0.05) is 33.2 Å². The van der Waals surface area contributed by atoms with Gasteiger partial charge in [0.2, 0.25) is 0 Å². The summed E-state index contributed by atoms with van der Waals surface area (Å²) in [6.07, 6.45) is 0. The molecule has 5 rings (SSSR count). The maximum absolute atomic E-state index is 13.4. The number of rotatable bonds is 2. The summed E-state index contributed by atoms with van der Waals surface area (Å²) < 4.78 is 6.33. The second-order valence-corrected chi connectivity index (χ2v) is 8.78. The first-order chi connectivity index (χ1) is 14.5. The molecule has 2 aliphatic heterocycles. The lowest BCUT2D eigenvalue weighted by molar-refractivity contribution is -0.121. The average molecular weight is 465 g/mol. The van der Waals surface area contributed by atoms with Crippen LogP contribution in [0.1, 0.15) is 29.5 Å². The van der Waals surface area contributed by atoms with E-state index in [0.29, 0.717) is 5.75 Å². The average Bonchev–Trinajstić information content (AvgIpc) is 3.02. The summed E-state index contributed by atoms with van der Waals surface area (Å²) in [5, 5.41) is 16.7. The van der Waals surface area contributed by atoms with Crippen LogP contribution in [0.5, 0.6) is 11.5 Å². The van der Waals surface area contributed by atoms with Crippen molar-refractivity contribution in [3.05, 3.63) is 81.8 Å². The van der Waals surface area contributed by atoms with Gasteiger partial charge in [0.05, 0.1) is 7.11 Å². The number of aromatic hydroxyl groups is 1. The SMILES string of the molecule is COc1cc([C@@H]2c3cc(Br)ccc3NC3(C(=O)Nc4ccccc43)[C@H]2C)ccc1O. The number of ether oxygens (including phenoxy) is 1. The highest BCUT2D eigenvalue weighted by atomic mass is 79.9. The zero-order chi connectivity index (χ0) is 21.0. The van der Waals surface area contributed by atoms with E-state index in [9.17, 15) is 9.90 Å². The van der Waals surface area contributed by atoms with E-state index in [2.05, 4.69) is 39.6 Å². The van der Waals surface area contributed by atoms with E-state index >= 15 is 0 Å². The molecule has 3 N–H and O–H groups in total. The third-order valence-electron chi connectivity index (χ3n) is 6.38. The zero-order valence-electron chi connectivity index (χ0n) is 16.6.